The molecular formula is C14H11BrN2O5S. The summed E-state index contributed by atoms with van der Waals surface area (Å²) in [7, 11) is 0. The van der Waals surface area contributed by atoms with Gasteiger partial charge in [0.25, 0.3) is 11.8 Å². The number of ether oxygens (including phenoxy) is 1. The lowest BCUT2D eigenvalue weighted by Gasteiger charge is -2.06. The molecule has 0 fully saturated rings. The van der Waals surface area contributed by atoms with Gasteiger partial charge < -0.3 is 9.15 Å². The molecule has 2 heterocycles. The van der Waals surface area contributed by atoms with Gasteiger partial charge in [0, 0.05) is 6.08 Å². The topological polar surface area (TPSA) is 97.6 Å². The summed E-state index contributed by atoms with van der Waals surface area (Å²) in [5.74, 6) is -1.35. The minimum absolute atomic E-state index is 0.442. The van der Waals surface area contributed by atoms with Crippen molar-refractivity contribution in [1.29, 1.82) is 0 Å². The van der Waals surface area contributed by atoms with Crippen molar-refractivity contribution >= 4 is 51.1 Å². The Labute approximate surface area is 143 Å². The first-order valence-corrected chi connectivity index (χ1v) is 7.95. The molecule has 2 N–H and O–H groups in total. The van der Waals surface area contributed by atoms with E-state index in [4.69, 9.17) is 9.15 Å². The number of esters is 1. The molecule has 23 heavy (non-hydrogen) atoms. The second-order valence-corrected chi connectivity index (χ2v) is 5.79. The lowest BCUT2D eigenvalue weighted by atomic mass is 10.4. The van der Waals surface area contributed by atoms with Gasteiger partial charge in [0.05, 0.1) is 4.88 Å². The van der Waals surface area contributed by atoms with E-state index in [0.717, 1.165) is 6.08 Å². The smallest absolute Gasteiger partial charge is 0.331 e. The van der Waals surface area contributed by atoms with E-state index >= 15 is 0 Å². The van der Waals surface area contributed by atoms with Crippen molar-refractivity contribution in [1.82, 2.24) is 10.9 Å². The van der Waals surface area contributed by atoms with Crippen LogP contribution in [0.25, 0.3) is 6.08 Å². The third-order valence-electron chi connectivity index (χ3n) is 2.38. The summed E-state index contributed by atoms with van der Waals surface area (Å²) in [5, 5.41) is 1.74. The summed E-state index contributed by atoms with van der Waals surface area (Å²) in [4.78, 5) is 34.9. The van der Waals surface area contributed by atoms with Gasteiger partial charge in [0.15, 0.2) is 11.3 Å². The van der Waals surface area contributed by atoms with Crippen molar-refractivity contribution < 1.29 is 23.5 Å². The first-order chi connectivity index (χ1) is 11.0. The number of carbonyl (C=O) groups is 3. The standard InChI is InChI=1S/C14H11BrN2O5S/c15-11-5-3-9(22-11)4-6-13(19)21-8-12(18)16-17-14(20)10-2-1-7-23-10/h1-7H,8H2,(H,16,18)(H,17,20). The molecule has 2 amide bonds. The molecule has 0 atom stereocenters. The van der Waals surface area contributed by atoms with Crippen molar-refractivity contribution in [2.24, 2.45) is 0 Å². The van der Waals surface area contributed by atoms with Gasteiger partial charge in [0.1, 0.15) is 5.76 Å². The Hall–Kier alpha value is -2.39. The van der Waals surface area contributed by atoms with Crippen molar-refractivity contribution in [2.75, 3.05) is 6.61 Å². The molecule has 0 radical (unpaired) electrons. The van der Waals surface area contributed by atoms with Crippen molar-refractivity contribution in [3.05, 3.63) is 51.0 Å². The van der Waals surface area contributed by atoms with Crippen LogP contribution in [-0.4, -0.2) is 24.4 Å². The molecule has 9 heteroatoms. The minimum Gasteiger partial charge on any atom is -0.452 e. The Kier molecular flexibility index (Phi) is 6.12. The fourth-order valence-corrected chi connectivity index (χ4v) is 2.32. The lowest BCUT2D eigenvalue weighted by molar-refractivity contribution is -0.144. The van der Waals surface area contributed by atoms with Crippen molar-refractivity contribution in [2.45, 2.75) is 0 Å². The molecule has 0 saturated carbocycles. The van der Waals surface area contributed by atoms with Crippen LogP contribution in [0.1, 0.15) is 15.4 Å². The number of hydrogen-bond donors (Lipinski definition) is 2. The van der Waals surface area contributed by atoms with Gasteiger partial charge in [-0.05, 0) is 45.6 Å². The van der Waals surface area contributed by atoms with E-state index in [1.807, 2.05) is 0 Å². The Morgan fingerprint density at radius 2 is 2.09 bits per heavy atom. The molecule has 0 saturated heterocycles. The molecule has 0 spiro atoms. The van der Waals surface area contributed by atoms with Gasteiger partial charge in [-0.25, -0.2) is 4.79 Å². The van der Waals surface area contributed by atoms with Crippen LogP contribution in [0.3, 0.4) is 0 Å². The SMILES string of the molecule is O=C(COC(=O)C=Cc1ccc(Br)o1)NNC(=O)c1cccs1. The maximum absolute atomic E-state index is 11.6. The molecule has 0 unspecified atom stereocenters. The first kappa shape index (κ1) is 17.0. The van der Waals surface area contributed by atoms with E-state index in [1.54, 1.807) is 29.6 Å². The number of rotatable bonds is 5. The molecule has 0 aliphatic heterocycles. The lowest BCUT2D eigenvalue weighted by Crippen LogP contribution is -2.43. The third kappa shape index (κ3) is 5.72. The Morgan fingerprint density at radius 1 is 1.26 bits per heavy atom. The summed E-state index contributed by atoms with van der Waals surface area (Å²) in [6, 6.07) is 6.66. The van der Waals surface area contributed by atoms with Crippen molar-refractivity contribution in [3.8, 4) is 0 Å². The highest BCUT2D eigenvalue weighted by molar-refractivity contribution is 9.10. The number of carbonyl (C=O) groups excluding carboxylic acids is 3. The molecule has 0 aromatic carbocycles. The number of furan rings is 1. The van der Waals surface area contributed by atoms with Gasteiger partial charge in [-0.2, -0.15) is 0 Å². The number of halogens is 1. The van der Waals surface area contributed by atoms with Gasteiger partial charge >= 0.3 is 5.97 Å². The maximum Gasteiger partial charge on any atom is 0.331 e. The van der Waals surface area contributed by atoms with E-state index in [1.165, 1.54) is 17.4 Å². The first-order valence-electron chi connectivity index (χ1n) is 6.27. The highest BCUT2D eigenvalue weighted by Crippen LogP contribution is 2.14. The number of thiophene rings is 1. The summed E-state index contributed by atoms with van der Waals surface area (Å²) < 4.78 is 10.4. The predicted molar refractivity (Wildman–Crippen MR) is 86.3 cm³/mol. The average molecular weight is 399 g/mol. The average Bonchev–Trinajstić information content (AvgIpc) is 3.20. The van der Waals surface area contributed by atoms with Crippen LogP contribution >= 0.6 is 27.3 Å². The van der Waals surface area contributed by atoms with E-state index < -0.39 is 24.4 Å². The molecule has 0 aliphatic carbocycles. The Bertz CT molecular complexity index is 723. The number of nitrogens with one attached hydrogen (secondary N) is 2. The highest BCUT2D eigenvalue weighted by atomic mass is 79.9. The van der Waals surface area contributed by atoms with Crippen LogP contribution in [0.5, 0.6) is 0 Å². The molecular weight excluding hydrogens is 388 g/mol. The monoisotopic (exact) mass is 398 g/mol. The van der Waals surface area contributed by atoms with Crippen LogP contribution in [0, 0.1) is 0 Å². The molecule has 0 aliphatic rings. The normalized spacial score (nSPS) is 10.5. The van der Waals surface area contributed by atoms with Gasteiger partial charge in [0.2, 0.25) is 0 Å². The van der Waals surface area contributed by atoms with Crippen molar-refractivity contribution in [3.63, 3.8) is 0 Å². The van der Waals surface area contributed by atoms with Crippen LogP contribution < -0.4 is 10.9 Å². The van der Waals surface area contributed by atoms with Crippen LogP contribution in [0.4, 0.5) is 0 Å². The van der Waals surface area contributed by atoms with E-state index in [2.05, 4.69) is 26.8 Å². The second-order valence-electron chi connectivity index (χ2n) is 4.06. The summed E-state index contributed by atoms with van der Waals surface area (Å²) in [6.07, 6.45) is 2.53. The summed E-state index contributed by atoms with van der Waals surface area (Å²) in [5.41, 5.74) is 4.36. The molecule has 7 nitrogen and oxygen atoms in total. The summed E-state index contributed by atoms with van der Waals surface area (Å²) >= 11 is 4.37. The largest absolute Gasteiger partial charge is 0.452 e. The van der Waals surface area contributed by atoms with Crippen LogP contribution in [0.2, 0.25) is 0 Å². The number of hydrazine groups is 1. The fraction of sp³-hybridized carbons (Fsp3) is 0.0714. The molecule has 2 aromatic rings. The molecule has 0 bridgehead atoms. The fourth-order valence-electron chi connectivity index (χ4n) is 1.38. The van der Waals surface area contributed by atoms with E-state index in [0.29, 0.717) is 15.3 Å². The quantitative estimate of drug-likeness (QED) is 0.456. The molecule has 2 aromatic heterocycles. The highest BCUT2D eigenvalue weighted by Gasteiger charge is 2.09. The second kappa shape index (κ2) is 8.30. The Balaban J connectivity index is 1.68. The summed E-state index contributed by atoms with van der Waals surface area (Å²) in [6.45, 7) is -0.518. The maximum atomic E-state index is 11.6. The van der Waals surface area contributed by atoms with Gasteiger partial charge in [-0.3, -0.25) is 20.4 Å². The molecule has 120 valence electrons. The van der Waals surface area contributed by atoms with Gasteiger partial charge in [-0.1, -0.05) is 6.07 Å². The van der Waals surface area contributed by atoms with Crippen LogP contribution in [0.15, 0.2) is 44.8 Å². The zero-order valence-electron chi connectivity index (χ0n) is 11.6. The number of amides is 2. The Morgan fingerprint density at radius 3 is 2.74 bits per heavy atom. The zero-order chi connectivity index (χ0) is 16.7. The number of hydrogen-bond acceptors (Lipinski definition) is 6. The van der Waals surface area contributed by atoms with E-state index in [-0.39, 0.29) is 0 Å². The van der Waals surface area contributed by atoms with Crippen LogP contribution in [-0.2, 0) is 14.3 Å². The third-order valence-corrected chi connectivity index (χ3v) is 3.68. The van der Waals surface area contributed by atoms with E-state index in [9.17, 15) is 14.4 Å². The minimum atomic E-state index is -0.711. The zero-order valence-corrected chi connectivity index (χ0v) is 14.0. The molecule has 2 rings (SSSR count). The predicted octanol–water partition coefficient (Wildman–Crippen LogP) is 2.12. The van der Waals surface area contributed by atoms with Gasteiger partial charge in [-0.15, -0.1) is 11.3 Å².